The SMILES string of the molecule is CC(C)(C)N1C[C@@H](F)C[C@H]1c1cccc(F)c1. The van der Waals surface area contributed by atoms with Crippen LogP contribution >= 0.6 is 0 Å². The first-order chi connectivity index (χ1) is 7.88. The normalized spacial score (nSPS) is 26.4. The van der Waals surface area contributed by atoms with Gasteiger partial charge in [0.15, 0.2) is 0 Å². The predicted octanol–water partition coefficient (Wildman–Crippen LogP) is 3.71. The van der Waals surface area contributed by atoms with E-state index < -0.39 is 6.17 Å². The molecule has 1 aromatic rings. The molecule has 0 saturated carbocycles. The molecule has 0 aliphatic carbocycles. The number of hydrogen-bond acceptors (Lipinski definition) is 1. The Morgan fingerprint density at radius 3 is 2.59 bits per heavy atom. The van der Waals surface area contributed by atoms with Crippen molar-refractivity contribution >= 4 is 0 Å². The zero-order valence-corrected chi connectivity index (χ0v) is 10.6. The van der Waals surface area contributed by atoms with Crippen LogP contribution in [0.4, 0.5) is 8.78 Å². The van der Waals surface area contributed by atoms with E-state index in [0.717, 1.165) is 5.56 Å². The number of benzene rings is 1. The first-order valence-corrected chi connectivity index (χ1v) is 6.04. The standard InChI is InChI=1S/C14H19F2N/c1-14(2,3)17-9-12(16)8-13(17)10-5-4-6-11(15)7-10/h4-7,12-13H,8-9H2,1-3H3/t12-,13-/m0/s1. The van der Waals surface area contributed by atoms with E-state index in [2.05, 4.69) is 25.7 Å². The van der Waals surface area contributed by atoms with Crippen molar-refractivity contribution in [2.45, 2.75) is 44.9 Å². The number of nitrogens with zero attached hydrogens (tertiary/aromatic N) is 1. The fourth-order valence-electron chi connectivity index (χ4n) is 2.56. The van der Waals surface area contributed by atoms with Crippen LogP contribution in [0.25, 0.3) is 0 Å². The molecule has 0 N–H and O–H groups in total. The van der Waals surface area contributed by atoms with Crippen molar-refractivity contribution in [1.82, 2.24) is 4.90 Å². The van der Waals surface area contributed by atoms with Crippen LogP contribution in [0.3, 0.4) is 0 Å². The van der Waals surface area contributed by atoms with Crippen molar-refractivity contribution in [3.05, 3.63) is 35.6 Å². The van der Waals surface area contributed by atoms with Crippen LogP contribution in [0, 0.1) is 5.82 Å². The van der Waals surface area contributed by atoms with Crippen LogP contribution in [0.15, 0.2) is 24.3 Å². The maximum atomic E-state index is 13.6. The highest BCUT2D eigenvalue weighted by Crippen LogP contribution is 2.38. The summed E-state index contributed by atoms with van der Waals surface area (Å²) in [6.07, 6.45) is -0.358. The van der Waals surface area contributed by atoms with Gasteiger partial charge in [-0.15, -0.1) is 0 Å². The maximum Gasteiger partial charge on any atom is 0.123 e. The van der Waals surface area contributed by atoms with E-state index >= 15 is 0 Å². The summed E-state index contributed by atoms with van der Waals surface area (Å²) in [5.74, 6) is -0.251. The molecule has 2 atom stereocenters. The van der Waals surface area contributed by atoms with Crippen molar-refractivity contribution in [3.63, 3.8) is 0 Å². The summed E-state index contributed by atoms with van der Waals surface area (Å²) in [6.45, 7) is 6.64. The highest BCUT2D eigenvalue weighted by molar-refractivity contribution is 5.22. The van der Waals surface area contributed by atoms with Gasteiger partial charge in [0.05, 0.1) is 0 Å². The van der Waals surface area contributed by atoms with Crippen LogP contribution in [0.1, 0.15) is 38.8 Å². The second kappa shape index (κ2) is 4.37. The maximum absolute atomic E-state index is 13.6. The molecule has 1 aliphatic rings. The van der Waals surface area contributed by atoms with Crippen molar-refractivity contribution < 1.29 is 8.78 Å². The van der Waals surface area contributed by atoms with Crippen molar-refractivity contribution in [3.8, 4) is 0 Å². The number of alkyl halides is 1. The van der Waals surface area contributed by atoms with Gasteiger partial charge in [0.25, 0.3) is 0 Å². The number of hydrogen-bond donors (Lipinski definition) is 0. The van der Waals surface area contributed by atoms with Gasteiger partial charge in [-0.05, 0) is 44.9 Å². The fourth-order valence-corrected chi connectivity index (χ4v) is 2.56. The third-order valence-corrected chi connectivity index (χ3v) is 3.35. The van der Waals surface area contributed by atoms with Crippen LogP contribution < -0.4 is 0 Å². The first-order valence-electron chi connectivity index (χ1n) is 6.04. The van der Waals surface area contributed by atoms with Crippen LogP contribution in [0.5, 0.6) is 0 Å². The van der Waals surface area contributed by atoms with Crippen molar-refractivity contribution in [2.24, 2.45) is 0 Å². The molecule has 1 saturated heterocycles. The Morgan fingerprint density at radius 2 is 2.00 bits per heavy atom. The zero-order valence-electron chi connectivity index (χ0n) is 10.6. The highest BCUT2D eigenvalue weighted by Gasteiger charge is 2.39. The lowest BCUT2D eigenvalue weighted by atomic mass is 9.99. The van der Waals surface area contributed by atoms with Gasteiger partial charge in [0.2, 0.25) is 0 Å². The molecule has 17 heavy (non-hydrogen) atoms. The average molecular weight is 239 g/mol. The Bertz CT molecular complexity index is 397. The predicted molar refractivity (Wildman–Crippen MR) is 65.1 cm³/mol. The molecule has 0 unspecified atom stereocenters. The Kier molecular flexibility index (Phi) is 3.21. The summed E-state index contributed by atoms with van der Waals surface area (Å²) in [4.78, 5) is 2.12. The summed E-state index contributed by atoms with van der Waals surface area (Å²) < 4.78 is 26.8. The van der Waals surface area contributed by atoms with E-state index in [4.69, 9.17) is 0 Å². The summed E-state index contributed by atoms with van der Waals surface area (Å²) in [6, 6.07) is 6.50. The molecule has 94 valence electrons. The number of likely N-dealkylation sites (tertiary alicyclic amines) is 1. The minimum absolute atomic E-state index is 0.0132. The van der Waals surface area contributed by atoms with Gasteiger partial charge in [-0.2, -0.15) is 0 Å². The van der Waals surface area contributed by atoms with Gasteiger partial charge in [-0.1, -0.05) is 12.1 Å². The lowest BCUT2D eigenvalue weighted by Crippen LogP contribution is -2.41. The smallest absolute Gasteiger partial charge is 0.123 e. The van der Waals surface area contributed by atoms with Gasteiger partial charge < -0.3 is 0 Å². The number of rotatable bonds is 1. The molecule has 0 radical (unpaired) electrons. The minimum Gasteiger partial charge on any atom is -0.288 e. The zero-order chi connectivity index (χ0) is 12.6. The fraction of sp³-hybridized carbons (Fsp3) is 0.571. The van der Waals surface area contributed by atoms with Gasteiger partial charge in [0, 0.05) is 18.1 Å². The molecule has 0 bridgehead atoms. The Morgan fingerprint density at radius 1 is 1.29 bits per heavy atom. The molecule has 2 rings (SSSR count). The van der Waals surface area contributed by atoms with Gasteiger partial charge in [-0.3, -0.25) is 4.90 Å². The summed E-state index contributed by atoms with van der Waals surface area (Å²) in [5, 5.41) is 0. The summed E-state index contributed by atoms with van der Waals surface area (Å²) >= 11 is 0. The molecule has 3 heteroatoms. The van der Waals surface area contributed by atoms with Crippen LogP contribution in [-0.2, 0) is 0 Å². The number of halogens is 2. The van der Waals surface area contributed by atoms with Gasteiger partial charge in [0.1, 0.15) is 12.0 Å². The molecule has 1 nitrogen and oxygen atoms in total. The second-order valence-corrected chi connectivity index (χ2v) is 5.73. The monoisotopic (exact) mass is 239 g/mol. The molecule has 1 aliphatic heterocycles. The van der Waals surface area contributed by atoms with Gasteiger partial charge in [-0.25, -0.2) is 8.78 Å². The van der Waals surface area contributed by atoms with E-state index in [9.17, 15) is 8.78 Å². The van der Waals surface area contributed by atoms with E-state index in [-0.39, 0.29) is 17.4 Å². The summed E-state index contributed by atoms with van der Waals surface area (Å²) in [7, 11) is 0. The topological polar surface area (TPSA) is 3.24 Å². The van der Waals surface area contributed by atoms with Crippen LogP contribution in [-0.4, -0.2) is 23.2 Å². The lowest BCUT2D eigenvalue weighted by molar-refractivity contribution is 0.116. The first kappa shape index (κ1) is 12.5. The van der Waals surface area contributed by atoms with E-state index in [1.54, 1.807) is 6.07 Å². The van der Waals surface area contributed by atoms with E-state index in [0.29, 0.717) is 13.0 Å². The second-order valence-electron chi connectivity index (χ2n) is 5.73. The summed E-state index contributed by atoms with van der Waals surface area (Å²) in [5.41, 5.74) is 0.776. The third kappa shape index (κ3) is 2.65. The molecule has 1 heterocycles. The minimum atomic E-state index is -0.817. The molecule has 0 spiro atoms. The average Bonchev–Trinajstić information content (AvgIpc) is 2.60. The largest absolute Gasteiger partial charge is 0.288 e. The molecule has 1 fully saturated rings. The highest BCUT2D eigenvalue weighted by atomic mass is 19.1. The quantitative estimate of drug-likeness (QED) is 0.722. The third-order valence-electron chi connectivity index (χ3n) is 3.35. The molecule has 0 amide bonds. The Balaban J connectivity index is 2.30. The van der Waals surface area contributed by atoms with Crippen LogP contribution in [0.2, 0.25) is 0 Å². The Hall–Kier alpha value is -0.960. The Labute approximate surface area is 101 Å². The van der Waals surface area contributed by atoms with E-state index in [1.807, 2.05) is 6.07 Å². The van der Waals surface area contributed by atoms with Gasteiger partial charge >= 0.3 is 0 Å². The molecular formula is C14H19F2N. The molecular weight excluding hydrogens is 220 g/mol. The molecule has 0 aromatic heterocycles. The lowest BCUT2D eigenvalue weighted by Gasteiger charge is -2.37. The van der Waals surface area contributed by atoms with E-state index in [1.165, 1.54) is 12.1 Å². The molecule has 1 aromatic carbocycles. The van der Waals surface area contributed by atoms with Crippen molar-refractivity contribution in [1.29, 1.82) is 0 Å². The van der Waals surface area contributed by atoms with Crippen molar-refractivity contribution in [2.75, 3.05) is 6.54 Å².